The number of halogens is 3. The van der Waals surface area contributed by atoms with Crippen LogP contribution < -0.4 is 5.32 Å². The summed E-state index contributed by atoms with van der Waals surface area (Å²) >= 11 is 0. The van der Waals surface area contributed by atoms with Crippen molar-refractivity contribution < 1.29 is 22.7 Å². The largest absolute Gasteiger partial charge is 0.418 e. The summed E-state index contributed by atoms with van der Waals surface area (Å²) < 4.78 is 45.2. The van der Waals surface area contributed by atoms with Gasteiger partial charge in [-0.05, 0) is 50.9 Å². The van der Waals surface area contributed by atoms with Crippen LogP contribution >= 0.6 is 0 Å². The van der Waals surface area contributed by atoms with Gasteiger partial charge in [0.05, 0.1) is 11.3 Å². The Balaban J connectivity index is 1.71. The molecule has 0 unspecified atom stereocenters. The molecule has 0 atom stereocenters. The average molecular weight is 399 g/mol. The number of para-hydroxylation sites is 1. The molecule has 0 aliphatic carbocycles. The molecule has 2 amide bonds. The van der Waals surface area contributed by atoms with Crippen molar-refractivity contribution >= 4 is 11.7 Å². The van der Waals surface area contributed by atoms with Crippen LogP contribution in [0.4, 0.5) is 23.7 Å². The maximum absolute atomic E-state index is 13.3. The molecule has 8 heteroatoms. The molecule has 0 aromatic heterocycles. The number of ether oxygens (including phenoxy) is 1. The number of carbonyl (C=O) groups is 1. The fraction of sp³-hybridized carbons (Fsp3) is 0.650. The molecule has 0 bridgehead atoms. The zero-order valence-electron chi connectivity index (χ0n) is 16.0. The molecule has 5 nitrogen and oxygen atoms in total. The van der Waals surface area contributed by atoms with E-state index >= 15 is 0 Å². The number of urea groups is 1. The fourth-order valence-electron chi connectivity index (χ4n) is 3.91. The number of nitrogens with zero attached hydrogens (tertiary/aromatic N) is 2. The second-order valence-electron chi connectivity index (χ2n) is 7.41. The summed E-state index contributed by atoms with van der Waals surface area (Å²) in [7, 11) is 0. The monoisotopic (exact) mass is 399 g/mol. The van der Waals surface area contributed by atoms with Crippen molar-refractivity contribution in [3.63, 3.8) is 0 Å². The van der Waals surface area contributed by atoms with Crippen LogP contribution in [0.3, 0.4) is 0 Å². The predicted octanol–water partition coefficient (Wildman–Crippen LogP) is 4.20. The molecule has 1 aromatic rings. The molecule has 1 aromatic carbocycles. The topological polar surface area (TPSA) is 44.8 Å². The molecular formula is C20H28F3N3O2. The quantitative estimate of drug-likeness (QED) is 0.807. The van der Waals surface area contributed by atoms with Crippen LogP contribution in [0.2, 0.25) is 0 Å². The van der Waals surface area contributed by atoms with Crippen LogP contribution in [0, 0.1) is 0 Å². The fourth-order valence-corrected chi connectivity index (χ4v) is 3.91. The molecule has 2 aliphatic rings. The van der Waals surface area contributed by atoms with Gasteiger partial charge in [0.2, 0.25) is 0 Å². The van der Waals surface area contributed by atoms with Gasteiger partial charge in [-0.25, -0.2) is 4.79 Å². The minimum atomic E-state index is -4.51. The Hall–Kier alpha value is -1.80. The zero-order chi connectivity index (χ0) is 20.0. The van der Waals surface area contributed by atoms with Crippen molar-refractivity contribution in [2.75, 3.05) is 44.7 Å². The van der Waals surface area contributed by atoms with E-state index in [9.17, 15) is 18.0 Å². The summed E-state index contributed by atoms with van der Waals surface area (Å²) in [5, 5.41) is 2.51. The van der Waals surface area contributed by atoms with Gasteiger partial charge in [-0.3, -0.25) is 0 Å². The Morgan fingerprint density at radius 3 is 2.50 bits per heavy atom. The molecule has 1 N–H and O–H groups in total. The molecule has 2 saturated heterocycles. The first kappa shape index (κ1) is 20.9. The van der Waals surface area contributed by atoms with E-state index in [-0.39, 0.29) is 11.7 Å². The van der Waals surface area contributed by atoms with Crippen molar-refractivity contribution in [2.24, 2.45) is 0 Å². The summed E-state index contributed by atoms with van der Waals surface area (Å²) in [5.41, 5.74) is -1.03. The number of piperidine rings is 1. The summed E-state index contributed by atoms with van der Waals surface area (Å²) in [6, 6.07) is 4.62. The van der Waals surface area contributed by atoms with E-state index in [2.05, 4.69) is 10.2 Å². The minimum absolute atomic E-state index is 0.0170. The lowest BCUT2D eigenvalue weighted by Crippen LogP contribution is -2.49. The highest BCUT2D eigenvalue weighted by molar-refractivity contribution is 5.90. The van der Waals surface area contributed by atoms with Gasteiger partial charge >= 0.3 is 12.2 Å². The number of likely N-dealkylation sites (tertiary alicyclic amines) is 1. The Morgan fingerprint density at radius 1 is 1.14 bits per heavy atom. The lowest BCUT2D eigenvalue weighted by atomic mass is 10.1. The first-order chi connectivity index (χ1) is 13.4. The van der Waals surface area contributed by atoms with Crippen molar-refractivity contribution in [2.45, 2.75) is 44.3 Å². The second kappa shape index (κ2) is 9.60. The Labute approximate surface area is 163 Å². The van der Waals surface area contributed by atoms with Gasteiger partial charge in [-0.15, -0.1) is 0 Å². The number of rotatable bonds is 5. The maximum atomic E-state index is 13.3. The number of carbonyl (C=O) groups excluding carboxylic acids is 1. The second-order valence-corrected chi connectivity index (χ2v) is 7.41. The van der Waals surface area contributed by atoms with Gasteiger partial charge in [0, 0.05) is 32.3 Å². The summed E-state index contributed by atoms with van der Waals surface area (Å²) in [4.78, 5) is 17.0. The van der Waals surface area contributed by atoms with Crippen LogP contribution in [0.5, 0.6) is 0 Å². The molecule has 2 aliphatic heterocycles. The molecule has 0 saturated carbocycles. The molecule has 2 fully saturated rings. The van der Waals surface area contributed by atoms with Crippen molar-refractivity contribution in [1.29, 1.82) is 0 Å². The highest BCUT2D eigenvalue weighted by Gasteiger charge is 2.34. The van der Waals surface area contributed by atoms with Crippen LogP contribution in [0.25, 0.3) is 0 Å². The van der Waals surface area contributed by atoms with E-state index in [1.807, 2.05) is 0 Å². The highest BCUT2D eigenvalue weighted by atomic mass is 19.4. The van der Waals surface area contributed by atoms with Gasteiger partial charge in [0.1, 0.15) is 0 Å². The van der Waals surface area contributed by atoms with E-state index in [0.717, 1.165) is 38.5 Å². The van der Waals surface area contributed by atoms with Crippen LogP contribution in [0.1, 0.15) is 37.7 Å². The van der Waals surface area contributed by atoms with Gasteiger partial charge in [0.25, 0.3) is 0 Å². The minimum Gasteiger partial charge on any atom is -0.381 e. The predicted molar refractivity (Wildman–Crippen MR) is 101 cm³/mol. The average Bonchev–Trinajstić information content (AvgIpc) is 2.69. The molecule has 28 heavy (non-hydrogen) atoms. The van der Waals surface area contributed by atoms with Crippen LogP contribution in [0.15, 0.2) is 24.3 Å². The third-order valence-electron chi connectivity index (χ3n) is 5.47. The smallest absolute Gasteiger partial charge is 0.381 e. The normalized spacial score (nSPS) is 19.4. The van der Waals surface area contributed by atoms with Crippen molar-refractivity contribution in [1.82, 2.24) is 9.80 Å². The zero-order valence-corrected chi connectivity index (χ0v) is 16.0. The molecular weight excluding hydrogens is 371 g/mol. The summed E-state index contributed by atoms with van der Waals surface area (Å²) in [6.45, 7) is 4.41. The van der Waals surface area contributed by atoms with Gasteiger partial charge in [-0.1, -0.05) is 18.6 Å². The number of hydrogen-bond donors (Lipinski definition) is 1. The highest BCUT2D eigenvalue weighted by Crippen LogP contribution is 2.34. The molecule has 156 valence electrons. The van der Waals surface area contributed by atoms with Crippen LogP contribution in [-0.4, -0.2) is 61.3 Å². The SMILES string of the molecule is O=C(Nc1ccccc1C(F)(F)F)N(CCN1CCCCC1)C1CCOCC1. The van der Waals surface area contributed by atoms with E-state index in [1.165, 1.54) is 24.6 Å². The van der Waals surface area contributed by atoms with Crippen molar-refractivity contribution in [3.05, 3.63) is 29.8 Å². The van der Waals surface area contributed by atoms with Crippen molar-refractivity contribution in [3.8, 4) is 0 Å². The summed E-state index contributed by atoms with van der Waals surface area (Å²) in [5.74, 6) is 0. The van der Waals surface area contributed by atoms with Gasteiger partial charge in [-0.2, -0.15) is 13.2 Å². The number of anilines is 1. The van der Waals surface area contributed by atoms with E-state index in [0.29, 0.717) is 32.6 Å². The number of alkyl halides is 3. The van der Waals surface area contributed by atoms with Gasteiger partial charge in [0.15, 0.2) is 0 Å². The third kappa shape index (κ3) is 5.61. The molecule has 2 heterocycles. The standard InChI is InChI=1S/C20H28F3N3O2/c21-20(22,23)17-6-2-3-7-18(17)24-19(27)26(16-8-14-28-15-9-16)13-12-25-10-4-1-5-11-25/h2-3,6-7,16H,1,4-5,8-15H2,(H,24,27). The van der Waals surface area contributed by atoms with Gasteiger partial charge < -0.3 is 19.9 Å². The lowest BCUT2D eigenvalue weighted by molar-refractivity contribution is -0.136. The first-order valence-electron chi connectivity index (χ1n) is 9.99. The Kier molecular flexibility index (Phi) is 7.18. The molecule has 0 radical (unpaired) electrons. The number of benzene rings is 1. The number of amides is 2. The molecule has 3 rings (SSSR count). The van der Waals surface area contributed by atoms with E-state index in [4.69, 9.17) is 4.74 Å². The van der Waals surface area contributed by atoms with E-state index < -0.39 is 17.8 Å². The maximum Gasteiger partial charge on any atom is 0.418 e. The third-order valence-corrected chi connectivity index (χ3v) is 5.47. The first-order valence-corrected chi connectivity index (χ1v) is 9.99. The summed E-state index contributed by atoms with van der Waals surface area (Å²) in [6.07, 6.45) is 0.434. The Morgan fingerprint density at radius 2 is 1.82 bits per heavy atom. The van der Waals surface area contributed by atoms with E-state index in [1.54, 1.807) is 4.90 Å². The lowest BCUT2D eigenvalue weighted by Gasteiger charge is -2.36. The molecule has 0 spiro atoms. The van der Waals surface area contributed by atoms with Crippen LogP contribution in [-0.2, 0) is 10.9 Å². The number of nitrogens with one attached hydrogen (secondary N) is 1. The Bertz CT molecular complexity index is 642. The number of hydrogen-bond acceptors (Lipinski definition) is 3.